The van der Waals surface area contributed by atoms with Gasteiger partial charge in [0.05, 0.1) is 0 Å². The summed E-state index contributed by atoms with van der Waals surface area (Å²) >= 11 is 0. The molecule has 6 heteroatoms. The third kappa shape index (κ3) is 3.74. The van der Waals surface area contributed by atoms with Crippen LogP contribution < -0.4 is 15.7 Å². The molecular formula is C19H15NO5. The fourth-order valence-electron chi connectivity index (χ4n) is 2.39. The number of hydrogen-bond donors (Lipinski definition) is 1. The Labute approximate surface area is 143 Å². The lowest BCUT2D eigenvalue weighted by atomic mass is 10.1. The molecule has 0 saturated carbocycles. The van der Waals surface area contributed by atoms with Crippen molar-refractivity contribution in [2.24, 2.45) is 0 Å². The Morgan fingerprint density at radius 1 is 1.08 bits per heavy atom. The molecule has 0 atom stereocenters. The predicted molar refractivity (Wildman–Crippen MR) is 92.9 cm³/mol. The van der Waals surface area contributed by atoms with Gasteiger partial charge in [0.2, 0.25) is 0 Å². The topological polar surface area (TPSA) is 85.6 Å². The van der Waals surface area contributed by atoms with Gasteiger partial charge in [-0.15, -0.1) is 0 Å². The van der Waals surface area contributed by atoms with Gasteiger partial charge in [0.25, 0.3) is 5.91 Å². The smallest absolute Gasteiger partial charge is 0.360 e. The Morgan fingerprint density at radius 2 is 1.88 bits per heavy atom. The average molecular weight is 337 g/mol. The summed E-state index contributed by atoms with van der Waals surface area (Å²) in [6.45, 7) is 3.16. The van der Waals surface area contributed by atoms with Crippen LogP contribution in [0.4, 0.5) is 5.69 Å². The van der Waals surface area contributed by atoms with Gasteiger partial charge in [-0.3, -0.25) is 9.59 Å². The van der Waals surface area contributed by atoms with Crippen molar-refractivity contribution in [3.63, 3.8) is 0 Å². The molecule has 25 heavy (non-hydrogen) atoms. The van der Waals surface area contributed by atoms with Crippen LogP contribution in [0.3, 0.4) is 0 Å². The van der Waals surface area contributed by atoms with Crippen molar-refractivity contribution in [2.45, 2.75) is 13.8 Å². The summed E-state index contributed by atoms with van der Waals surface area (Å²) in [5.41, 5.74) is 1.01. The van der Waals surface area contributed by atoms with E-state index < -0.39 is 17.5 Å². The van der Waals surface area contributed by atoms with E-state index in [1.807, 2.05) is 13.0 Å². The molecule has 0 saturated heterocycles. The van der Waals surface area contributed by atoms with Gasteiger partial charge < -0.3 is 14.5 Å². The molecular weight excluding hydrogens is 322 g/mol. The summed E-state index contributed by atoms with van der Waals surface area (Å²) < 4.78 is 10.2. The zero-order valence-electron chi connectivity index (χ0n) is 13.7. The summed E-state index contributed by atoms with van der Waals surface area (Å²) in [5.74, 6) is -0.588. The minimum Gasteiger partial charge on any atom is -0.427 e. The number of aryl methyl sites for hydroxylation is 1. The first kappa shape index (κ1) is 16.4. The number of carbonyl (C=O) groups excluding carboxylic acids is 2. The molecule has 1 amide bonds. The molecule has 0 bridgehead atoms. The van der Waals surface area contributed by atoms with E-state index in [2.05, 4.69) is 5.32 Å². The molecule has 0 aliphatic rings. The molecule has 0 unspecified atom stereocenters. The monoisotopic (exact) mass is 337 g/mol. The Balaban J connectivity index is 1.92. The first-order valence-electron chi connectivity index (χ1n) is 7.57. The van der Waals surface area contributed by atoms with Gasteiger partial charge >= 0.3 is 11.6 Å². The quantitative estimate of drug-likeness (QED) is 0.450. The molecule has 3 rings (SSSR count). The van der Waals surface area contributed by atoms with E-state index in [1.165, 1.54) is 19.1 Å². The number of hydrogen-bond acceptors (Lipinski definition) is 5. The summed E-state index contributed by atoms with van der Waals surface area (Å²) in [7, 11) is 0. The minimum atomic E-state index is -0.687. The molecule has 3 aromatic rings. The number of ether oxygens (including phenoxy) is 1. The normalized spacial score (nSPS) is 10.5. The maximum Gasteiger partial charge on any atom is 0.360 e. The summed E-state index contributed by atoms with van der Waals surface area (Å²) in [4.78, 5) is 35.4. The van der Waals surface area contributed by atoms with E-state index in [1.54, 1.807) is 30.3 Å². The first-order valence-corrected chi connectivity index (χ1v) is 7.57. The van der Waals surface area contributed by atoms with Gasteiger partial charge in [-0.1, -0.05) is 17.7 Å². The third-order valence-corrected chi connectivity index (χ3v) is 3.50. The highest BCUT2D eigenvalue weighted by Crippen LogP contribution is 2.22. The van der Waals surface area contributed by atoms with Crippen molar-refractivity contribution in [1.29, 1.82) is 0 Å². The maximum absolute atomic E-state index is 12.3. The number of carbonyl (C=O) groups is 2. The Bertz CT molecular complexity index is 1040. The summed E-state index contributed by atoms with van der Waals surface area (Å²) in [6, 6.07) is 13.2. The van der Waals surface area contributed by atoms with Crippen LogP contribution in [-0.4, -0.2) is 11.9 Å². The van der Waals surface area contributed by atoms with E-state index >= 15 is 0 Å². The van der Waals surface area contributed by atoms with Gasteiger partial charge in [0.1, 0.15) is 17.0 Å². The molecule has 0 spiro atoms. The number of benzene rings is 2. The predicted octanol–water partition coefficient (Wildman–Crippen LogP) is 3.28. The van der Waals surface area contributed by atoms with Crippen LogP contribution in [0.15, 0.2) is 57.7 Å². The van der Waals surface area contributed by atoms with Gasteiger partial charge in [-0.2, -0.15) is 0 Å². The van der Waals surface area contributed by atoms with Crippen molar-refractivity contribution in [3.8, 4) is 5.75 Å². The van der Waals surface area contributed by atoms with E-state index in [-0.39, 0.29) is 17.0 Å². The summed E-state index contributed by atoms with van der Waals surface area (Å²) in [5, 5.41) is 3.15. The van der Waals surface area contributed by atoms with Crippen molar-refractivity contribution >= 4 is 28.5 Å². The van der Waals surface area contributed by atoms with Gasteiger partial charge in [-0.25, -0.2) is 4.79 Å². The van der Waals surface area contributed by atoms with E-state index in [9.17, 15) is 14.4 Å². The van der Waals surface area contributed by atoms with Crippen LogP contribution in [0.1, 0.15) is 22.8 Å². The summed E-state index contributed by atoms with van der Waals surface area (Å²) in [6.07, 6.45) is 0. The van der Waals surface area contributed by atoms with Crippen LogP contribution in [0, 0.1) is 6.92 Å². The maximum atomic E-state index is 12.3. The molecule has 1 aromatic heterocycles. The van der Waals surface area contributed by atoms with Gasteiger partial charge in [0.15, 0.2) is 0 Å². The first-order chi connectivity index (χ1) is 11.9. The molecule has 126 valence electrons. The highest BCUT2D eigenvalue weighted by atomic mass is 16.5. The second-order valence-electron chi connectivity index (χ2n) is 5.56. The highest BCUT2D eigenvalue weighted by molar-refractivity contribution is 6.04. The SMILES string of the molecule is CC(=O)Oc1ccc2cc(NC(=O)c3cccc(C)c3)c(=O)oc2c1. The van der Waals surface area contributed by atoms with Crippen molar-refractivity contribution < 1.29 is 18.7 Å². The number of amides is 1. The zero-order valence-corrected chi connectivity index (χ0v) is 13.7. The largest absolute Gasteiger partial charge is 0.427 e. The lowest BCUT2D eigenvalue weighted by Crippen LogP contribution is -2.17. The second-order valence-corrected chi connectivity index (χ2v) is 5.56. The van der Waals surface area contributed by atoms with Gasteiger partial charge in [0, 0.05) is 23.9 Å². The fraction of sp³-hybridized carbons (Fsp3) is 0.105. The minimum absolute atomic E-state index is 0.0410. The molecule has 1 heterocycles. The zero-order chi connectivity index (χ0) is 18.0. The third-order valence-electron chi connectivity index (χ3n) is 3.50. The Hall–Kier alpha value is -3.41. The van der Waals surface area contributed by atoms with E-state index in [0.29, 0.717) is 10.9 Å². The van der Waals surface area contributed by atoms with E-state index in [0.717, 1.165) is 5.56 Å². The lowest BCUT2D eigenvalue weighted by Gasteiger charge is -2.07. The number of esters is 1. The molecule has 0 aliphatic carbocycles. The average Bonchev–Trinajstić information content (AvgIpc) is 2.55. The van der Waals surface area contributed by atoms with Crippen LogP contribution in [-0.2, 0) is 4.79 Å². The molecule has 6 nitrogen and oxygen atoms in total. The highest BCUT2D eigenvalue weighted by Gasteiger charge is 2.12. The number of fused-ring (bicyclic) bond motifs is 1. The van der Waals surface area contributed by atoms with Crippen LogP contribution in [0.25, 0.3) is 11.0 Å². The number of nitrogens with one attached hydrogen (secondary N) is 1. The van der Waals surface area contributed by atoms with Crippen LogP contribution in [0.5, 0.6) is 5.75 Å². The van der Waals surface area contributed by atoms with Crippen molar-refractivity contribution in [1.82, 2.24) is 0 Å². The fourth-order valence-corrected chi connectivity index (χ4v) is 2.39. The molecule has 2 aromatic carbocycles. The van der Waals surface area contributed by atoms with Crippen LogP contribution >= 0.6 is 0 Å². The van der Waals surface area contributed by atoms with Crippen molar-refractivity contribution in [2.75, 3.05) is 5.32 Å². The Morgan fingerprint density at radius 3 is 2.60 bits per heavy atom. The number of rotatable bonds is 3. The standard InChI is InChI=1S/C19H15NO5/c1-11-4-3-5-14(8-11)18(22)20-16-9-13-6-7-15(24-12(2)21)10-17(13)25-19(16)23/h3-10H,1-2H3,(H,20,22). The molecule has 0 fully saturated rings. The van der Waals surface area contributed by atoms with Crippen LogP contribution in [0.2, 0.25) is 0 Å². The molecule has 0 radical (unpaired) electrons. The van der Waals surface area contributed by atoms with Gasteiger partial charge in [-0.05, 0) is 37.3 Å². The van der Waals surface area contributed by atoms with Crippen molar-refractivity contribution in [3.05, 3.63) is 70.1 Å². The molecule has 1 N–H and O–H groups in total. The van der Waals surface area contributed by atoms with E-state index in [4.69, 9.17) is 9.15 Å². The number of anilines is 1. The lowest BCUT2D eigenvalue weighted by molar-refractivity contribution is -0.131. The second kappa shape index (κ2) is 6.60. The Kier molecular flexibility index (Phi) is 4.35. The molecule has 0 aliphatic heterocycles.